The molecule has 2 aromatic rings. The van der Waals surface area contributed by atoms with E-state index in [0.717, 1.165) is 56.5 Å². The third-order valence-electron chi connectivity index (χ3n) is 6.44. The summed E-state index contributed by atoms with van der Waals surface area (Å²) in [5, 5.41) is 12.6. The van der Waals surface area contributed by atoms with Crippen molar-refractivity contribution in [2.75, 3.05) is 19.6 Å². The molecular weight excluding hydrogens is 350 g/mol. The lowest BCUT2D eigenvalue weighted by molar-refractivity contribution is 0.208. The molecule has 3 heterocycles. The number of hydrogen-bond donors (Lipinski definition) is 1. The van der Waals surface area contributed by atoms with Crippen LogP contribution in [0.1, 0.15) is 61.8 Å². The molecule has 0 unspecified atom stereocenters. The van der Waals surface area contributed by atoms with Crippen LogP contribution in [0.3, 0.4) is 0 Å². The van der Waals surface area contributed by atoms with Gasteiger partial charge in [-0.15, -0.1) is 10.2 Å². The molecule has 150 valence electrons. The number of fused-ring (bicyclic) bond motifs is 1. The Hall–Kier alpha value is -1.92. The normalized spacial score (nSPS) is 23.6. The van der Waals surface area contributed by atoms with Crippen LogP contribution in [0.5, 0.6) is 5.75 Å². The standard InChI is InChI=1S/C22H31N5O/c1-2-7-18(6-1)28-19-8-3-5-17(15-19)16-26-13-4-9-20(26)22-25-24-21-10-11-23-12-14-27(21)22/h3,5,8,15,18,20,23H,1-2,4,6-7,9-14,16H2/t20-/m1/s1. The Bertz CT molecular complexity index is 798. The van der Waals surface area contributed by atoms with Gasteiger partial charge in [0.2, 0.25) is 0 Å². The highest BCUT2D eigenvalue weighted by atomic mass is 16.5. The van der Waals surface area contributed by atoms with E-state index in [0.29, 0.717) is 12.1 Å². The number of nitrogens with zero attached hydrogens (tertiary/aromatic N) is 4. The van der Waals surface area contributed by atoms with E-state index in [1.807, 2.05) is 0 Å². The van der Waals surface area contributed by atoms with Crippen molar-refractivity contribution in [3.8, 4) is 5.75 Å². The Morgan fingerprint density at radius 2 is 1.96 bits per heavy atom. The van der Waals surface area contributed by atoms with Crippen LogP contribution in [-0.2, 0) is 19.5 Å². The second kappa shape index (κ2) is 8.21. The van der Waals surface area contributed by atoms with Gasteiger partial charge in [-0.3, -0.25) is 4.90 Å². The first-order chi connectivity index (χ1) is 13.9. The van der Waals surface area contributed by atoms with Gasteiger partial charge in [0.25, 0.3) is 0 Å². The molecule has 2 aliphatic heterocycles. The first-order valence-electron chi connectivity index (χ1n) is 11.0. The van der Waals surface area contributed by atoms with Gasteiger partial charge >= 0.3 is 0 Å². The smallest absolute Gasteiger partial charge is 0.150 e. The summed E-state index contributed by atoms with van der Waals surface area (Å²) in [6, 6.07) is 9.08. The Kier molecular flexibility index (Phi) is 5.32. The second-order valence-corrected chi connectivity index (χ2v) is 8.43. The molecule has 1 saturated carbocycles. The molecule has 0 radical (unpaired) electrons. The third kappa shape index (κ3) is 3.80. The van der Waals surface area contributed by atoms with Gasteiger partial charge in [0.05, 0.1) is 12.1 Å². The highest BCUT2D eigenvalue weighted by molar-refractivity contribution is 5.29. The van der Waals surface area contributed by atoms with Crippen LogP contribution < -0.4 is 10.1 Å². The zero-order chi connectivity index (χ0) is 18.8. The summed E-state index contributed by atoms with van der Waals surface area (Å²) in [6.07, 6.45) is 8.79. The van der Waals surface area contributed by atoms with Gasteiger partial charge in [-0.1, -0.05) is 12.1 Å². The average molecular weight is 382 g/mol. The van der Waals surface area contributed by atoms with Crippen molar-refractivity contribution in [2.24, 2.45) is 0 Å². The van der Waals surface area contributed by atoms with Crippen LogP contribution >= 0.6 is 0 Å². The van der Waals surface area contributed by atoms with E-state index in [4.69, 9.17) is 4.74 Å². The van der Waals surface area contributed by atoms with E-state index in [1.165, 1.54) is 44.1 Å². The number of hydrogen-bond acceptors (Lipinski definition) is 5. The molecule has 1 aromatic heterocycles. The predicted molar refractivity (Wildman–Crippen MR) is 108 cm³/mol. The number of nitrogens with one attached hydrogen (secondary N) is 1. The summed E-state index contributed by atoms with van der Waals surface area (Å²) in [7, 11) is 0. The third-order valence-corrected chi connectivity index (χ3v) is 6.44. The molecule has 1 aromatic carbocycles. The van der Waals surface area contributed by atoms with E-state index in [-0.39, 0.29) is 0 Å². The molecule has 0 spiro atoms. The Morgan fingerprint density at radius 1 is 1.04 bits per heavy atom. The maximum Gasteiger partial charge on any atom is 0.150 e. The molecule has 3 aliphatic rings. The zero-order valence-corrected chi connectivity index (χ0v) is 16.6. The first kappa shape index (κ1) is 18.1. The van der Waals surface area contributed by atoms with Gasteiger partial charge in [-0.05, 0) is 62.8 Å². The SMILES string of the molecule is c1cc(CN2CCC[C@@H]2c2nnc3n2CCNCC3)cc(OC2CCCC2)c1. The molecule has 2 fully saturated rings. The van der Waals surface area contributed by atoms with Crippen molar-refractivity contribution in [3.05, 3.63) is 41.5 Å². The van der Waals surface area contributed by atoms with Crippen LogP contribution in [-0.4, -0.2) is 45.4 Å². The summed E-state index contributed by atoms with van der Waals surface area (Å²) in [5.41, 5.74) is 1.33. The molecule has 6 nitrogen and oxygen atoms in total. The molecule has 1 aliphatic carbocycles. The summed E-state index contributed by atoms with van der Waals surface area (Å²) in [5.74, 6) is 3.33. The van der Waals surface area contributed by atoms with Gasteiger partial charge in [-0.25, -0.2) is 0 Å². The second-order valence-electron chi connectivity index (χ2n) is 8.43. The minimum atomic E-state index is 0.374. The number of rotatable bonds is 5. The molecular formula is C22H31N5O. The number of benzene rings is 1. The molecule has 1 saturated heterocycles. The molecule has 1 N–H and O–H groups in total. The number of aromatic nitrogens is 3. The van der Waals surface area contributed by atoms with E-state index in [1.54, 1.807) is 0 Å². The summed E-state index contributed by atoms with van der Waals surface area (Å²) < 4.78 is 8.58. The van der Waals surface area contributed by atoms with Crippen molar-refractivity contribution in [3.63, 3.8) is 0 Å². The van der Waals surface area contributed by atoms with Crippen molar-refractivity contribution >= 4 is 0 Å². The van der Waals surface area contributed by atoms with Gasteiger partial charge in [0, 0.05) is 32.6 Å². The van der Waals surface area contributed by atoms with E-state index in [2.05, 4.69) is 49.2 Å². The van der Waals surface area contributed by atoms with E-state index >= 15 is 0 Å². The van der Waals surface area contributed by atoms with Crippen LogP contribution in [0.15, 0.2) is 24.3 Å². The molecule has 1 atom stereocenters. The lowest BCUT2D eigenvalue weighted by Crippen LogP contribution is -2.26. The topological polar surface area (TPSA) is 55.2 Å². The minimum Gasteiger partial charge on any atom is -0.490 e. The number of ether oxygens (including phenoxy) is 1. The average Bonchev–Trinajstić information content (AvgIpc) is 3.42. The monoisotopic (exact) mass is 381 g/mol. The Balaban J connectivity index is 1.30. The summed E-state index contributed by atoms with van der Waals surface area (Å²) >= 11 is 0. The van der Waals surface area contributed by atoms with Gasteiger partial charge in [0.1, 0.15) is 17.4 Å². The van der Waals surface area contributed by atoms with Crippen LogP contribution in [0.4, 0.5) is 0 Å². The largest absolute Gasteiger partial charge is 0.490 e. The lowest BCUT2D eigenvalue weighted by atomic mass is 10.1. The summed E-state index contributed by atoms with van der Waals surface area (Å²) in [6.45, 7) is 5.06. The molecule has 0 bridgehead atoms. The molecule has 5 rings (SSSR count). The van der Waals surface area contributed by atoms with E-state index < -0.39 is 0 Å². The number of likely N-dealkylation sites (tertiary alicyclic amines) is 1. The highest BCUT2D eigenvalue weighted by Crippen LogP contribution is 2.33. The predicted octanol–water partition coefficient (Wildman–Crippen LogP) is 3.08. The minimum absolute atomic E-state index is 0.374. The summed E-state index contributed by atoms with van der Waals surface area (Å²) in [4.78, 5) is 2.57. The fraction of sp³-hybridized carbons (Fsp3) is 0.636. The molecule has 0 amide bonds. The molecule has 6 heteroatoms. The Morgan fingerprint density at radius 3 is 2.89 bits per heavy atom. The maximum absolute atomic E-state index is 6.22. The van der Waals surface area contributed by atoms with Crippen molar-refractivity contribution in [2.45, 2.75) is 70.2 Å². The zero-order valence-electron chi connectivity index (χ0n) is 16.6. The molecule has 28 heavy (non-hydrogen) atoms. The Labute approximate surface area is 167 Å². The van der Waals surface area contributed by atoms with Gasteiger partial charge < -0.3 is 14.6 Å². The van der Waals surface area contributed by atoms with Crippen LogP contribution in [0.25, 0.3) is 0 Å². The van der Waals surface area contributed by atoms with Crippen molar-refractivity contribution in [1.29, 1.82) is 0 Å². The maximum atomic E-state index is 6.22. The van der Waals surface area contributed by atoms with Crippen molar-refractivity contribution < 1.29 is 4.74 Å². The van der Waals surface area contributed by atoms with Crippen molar-refractivity contribution in [1.82, 2.24) is 25.0 Å². The van der Waals surface area contributed by atoms with Crippen LogP contribution in [0, 0.1) is 0 Å². The fourth-order valence-corrected chi connectivity index (χ4v) is 5.00. The fourth-order valence-electron chi connectivity index (χ4n) is 5.00. The van der Waals surface area contributed by atoms with E-state index in [9.17, 15) is 0 Å². The van der Waals surface area contributed by atoms with Gasteiger partial charge in [0.15, 0.2) is 0 Å². The first-order valence-corrected chi connectivity index (χ1v) is 11.0. The van der Waals surface area contributed by atoms with Crippen LogP contribution in [0.2, 0.25) is 0 Å². The highest BCUT2D eigenvalue weighted by Gasteiger charge is 2.31. The van der Waals surface area contributed by atoms with Gasteiger partial charge in [-0.2, -0.15) is 0 Å². The quantitative estimate of drug-likeness (QED) is 0.863. The lowest BCUT2D eigenvalue weighted by Gasteiger charge is -2.25.